The van der Waals surface area contributed by atoms with E-state index in [1.807, 2.05) is 6.92 Å². The monoisotopic (exact) mass is 290 g/mol. The van der Waals surface area contributed by atoms with Gasteiger partial charge in [-0.3, -0.25) is 4.79 Å². The molecule has 0 fully saturated rings. The quantitative estimate of drug-likeness (QED) is 0.877. The van der Waals surface area contributed by atoms with Crippen molar-refractivity contribution in [3.8, 4) is 5.75 Å². The maximum absolute atomic E-state index is 12.1. The Morgan fingerprint density at radius 1 is 1.05 bits per heavy atom. The number of phenols is 1. The van der Waals surface area contributed by atoms with E-state index in [0.717, 1.165) is 5.56 Å². The molecular formula is C15H14O4S. The van der Waals surface area contributed by atoms with Crippen LogP contribution in [0.3, 0.4) is 0 Å². The Bertz CT molecular complexity index is 731. The predicted octanol–water partition coefficient (Wildman–Crippen LogP) is 2.36. The minimum Gasteiger partial charge on any atom is -0.507 e. The maximum Gasteiger partial charge on any atom is 0.185 e. The number of carbonyl (C=O) groups excluding carboxylic acids is 1. The van der Waals surface area contributed by atoms with E-state index < -0.39 is 21.4 Å². The molecule has 2 rings (SSSR count). The first-order valence-electron chi connectivity index (χ1n) is 6.01. The van der Waals surface area contributed by atoms with Crippen LogP contribution in [-0.2, 0) is 9.84 Å². The van der Waals surface area contributed by atoms with Crippen molar-refractivity contribution in [1.82, 2.24) is 0 Å². The van der Waals surface area contributed by atoms with Crippen LogP contribution < -0.4 is 0 Å². The molecule has 0 spiro atoms. The highest BCUT2D eigenvalue weighted by Gasteiger charge is 2.21. The normalized spacial score (nSPS) is 11.2. The van der Waals surface area contributed by atoms with Gasteiger partial charge in [-0.25, -0.2) is 8.42 Å². The number of phenolic OH excluding ortho intramolecular Hbond substituents is 1. The minimum absolute atomic E-state index is 0.0168. The summed E-state index contributed by atoms with van der Waals surface area (Å²) in [5.41, 5.74) is 0.958. The second-order valence-corrected chi connectivity index (χ2v) is 6.50. The number of aryl methyl sites for hydroxylation is 1. The van der Waals surface area contributed by atoms with Gasteiger partial charge in [-0.05, 0) is 31.2 Å². The molecule has 0 aliphatic heterocycles. The fourth-order valence-corrected chi connectivity index (χ4v) is 3.01. The molecule has 104 valence electrons. The van der Waals surface area contributed by atoms with E-state index in [2.05, 4.69) is 0 Å². The highest BCUT2D eigenvalue weighted by atomic mass is 32.2. The van der Waals surface area contributed by atoms with Gasteiger partial charge in [0.05, 0.1) is 10.5 Å². The van der Waals surface area contributed by atoms with E-state index in [-0.39, 0.29) is 16.2 Å². The Kier molecular flexibility index (Phi) is 3.90. The highest BCUT2D eigenvalue weighted by Crippen LogP contribution is 2.19. The lowest BCUT2D eigenvalue weighted by atomic mass is 10.1. The van der Waals surface area contributed by atoms with Gasteiger partial charge in [0.2, 0.25) is 0 Å². The number of rotatable bonds is 4. The number of carbonyl (C=O) groups is 1. The first-order chi connectivity index (χ1) is 9.40. The van der Waals surface area contributed by atoms with Crippen LogP contribution in [0, 0.1) is 6.92 Å². The van der Waals surface area contributed by atoms with Crippen LogP contribution >= 0.6 is 0 Å². The number of hydrogen-bond acceptors (Lipinski definition) is 4. The van der Waals surface area contributed by atoms with Gasteiger partial charge >= 0.3 is 0 Å². The van der Waals surface area contributed by atoms with Gasteiger partial charge in [-0.15, -0.1) is 0 Å². The first-order valence-corrected chi connectivity index (χ1v) is 7.66. The molecule has 0 saturated carbocycles. The number of para-hydroxylation sites is 1. The summed E-state index contributed by atoms with van der Waals surface area (Å²) in [4.78, 5) is 12.1. The number of hydrogen-bond donors (Lipinski definition) is 1. The van der Waals surface area contributed by atoms with Gasteiger partial charge < -0.3 is 5.11 Å². The molecule has 2 aromatic carbocycles. The third kappa shape index (κ3) is 3.05. The molecule has 4 nitrogen and oxygen atoms in total. The average Bonchev–Trinajstić information content (AvgIpc) is 2.39. The Labute approximate surface area is 117 Å². The third-order valence-corrected chi connectivity index (χ3v) is 4.54. The second-order valence-electron chi connectivity index (χ2n) is 4.51. The maximum atomic E-state index is 12.1. The minimum atomic E-state index is -3.70. The van der Waals surface area contributed by atoms with Gasteiger partial charge in [0.25, 0.3) is 0 Å². The topological polar surface area (TPSA) is 71.4 Å². The number of sulfone groups is 1. The highest BCUT2D eigenvalue weighted by molar-refractivity contribution is 7.92. The van der Waals surface area contributed by atoms with Gasteiger partial charge in [0, 0.05) is 0 Å². The molecule has 20 heavy (non-hydrogen) atoms. The molecule has 5 heteroatoms. The van der Waals surface area contributed by atoms with Gasteiger partial charge in [0.15, 0.2) is 15.6 Å². The van der Waals surface area contributed by atoms with E-state index >= 15 is 0 Å². The summed E-state index contributed by atoms with van der Waals surface area (Å²) >= 11 is 0. The van der Waals surface area contributed by atoms with Crippen molar-refractivity contribution in [3.05, 3.63) is 59.7 Å². The SMILES string of the molecule is Cc1ccc(S(=O)(=O)CC(=O)c2ccccc2O)cc1. The number of Topliss-reactive ketones (excluding diaryl/α,β-unsaturated/α-hetero) is 1. The summed E-state index contributed by atoms with van der Waals surface area (Å²) in [6, 6.07) is 12.2. The fraction of sp³-hybridized carbons (Fsp3) is 0.133. The zero-order chi connectivity index (χ0) is 14.8. The number of ketones is 1. The third-order valence-electron chi connectivity index (χ3n) is 2.91. The van der Waals surface area contributed by atoms with Crippen molar-refractivity contribution in [1.29, 1.82) is 0 Å². The van der Waals surface area contributed by atoms with Crippen LogP contribution in [0.2, 0.25) is 0 Å². The molecule has 0 radical (unpaired) electrons. The molecule has 1 N–H and O–H groups in total. The molecule has 0 saturated heterocycles. The van der Waals surface area contributed by atoms with Crippen LogP contribution in [0.1, 0.15) is 15.9 Å². The Hall–Kier alpha value is -2.14. The Balaban J connectivity index is 2.27. The molecular weight excluding hydrogens is 276 g/mol. The van der Waals surface area contributed by atoms with Crippen LogP contribution in [0.25, 0.3) is 0 Å². The first kappa shape index (κ1) is 14.3. The van der Waals surface area contributed by atoms with Crippen molar-refractivity contribution in [3.63, 3.8) is 0 Å². The summed E-state index contributed by atoms with van der Waals surface area (Å²) in [7, 11) is -3.70. The lowest BCUT2D eigenvalue weighted by Gasteiger charge is -2.06. The van der Waals surface area contributed by atoms with E-state index in [9.17, 15) is 18.3 Å². The van der Waals surface area contributed by atoms with Crippen molar-refractivity contribution < 1.29 is 18.3 Å². The average molecular weight is 290 g/mol. The van der Waals surface area contributed by atoms with E-state index in [1.165, 1.54) is 24.3 Å². The summed E-state index contributed by atoms with van der Waals surface area (Å²) < 4.78 is 24.3. The lowest BCUT2D eigenvalue weighted by molar-refractivity contribution is 0.101. The van der Waals surface area contributed by atoms with E-state index in [4.69, 9.17) is 0 Å². The van der Waals surface area contributed by atoms with Crippen LogP contribution in [-0.4, -0.2) is 25.1 Å². The zero-order valence-corrected chi connectivity index (χ0v) is 11.7. The molecule has 2 aromatic rings. The van der Waals surface area contributed by atoms with Crippen LogP contribution in [0.5, 0.6) is 5.75 Å². The van der Waals surface area contributed by atoms with Crippen molar-refractivity contribution in [2.45, 2.75) is 11.8 Å². The van der Waals surface area contributed by atoms with Crippen molar-refractivity contribution >= 4 is 15.6 Å². The van der Waals surface area contributed by atoms with Gasteiger partial charge in [0.1, 0.15) is 11.5 Å². The lowest BCUT2D eigenvalue weighted by Crippen LogP contribution is -2.16. The molecule has 0 heterocycles. The second kappa shape index (κ2) is 5.46. The number of benzene rings is 2. The summed E-state index contributed by atoms with van der Waals surface area (Å²) in [6.45, 7) is 1.85. The molecule has 0 aliphatic rings. The molecule has 0 bridgehead atoms. The smallest absolute Gasteiger partial charge is 0.185 e. The molecule has 0 amide bonds. The Morgan fingerprint density at radius 2 is 1.65 bits per heavy atom. The van der Waals surface area contributed by atoms with Crippen LogP contribution in [0.15, 0.2) is 53.4 Å². The van der Waals surface area contributed by atoms with Crippen molar-refractivity contribution in [2.24, 2.45) is 0 Å². The number of aromatic hydroxyl groups is 1. The van der Waals surface area contributed by atoms with Crippen molar-refractivity contribution in [2.75, 3.05) is 5.75 Å². The fourth-order valence-electron chi connectivity index (χ4n) is 1.79. The summed E-state index contributed by atoms with van der Waals surface area (Å²) in [5, 5.41) is 9.57. The predicted molar refractivity (Wildman–Crippen MR) is 75.7 cm³/mol. The van der Waals surface area contributed by atoms with E-state index in [1.54, 1.807) is 24.3 Å². The molecule has 0 atom stereocenters. The van der Waals surface area contributed by atoms with Gasteiger partial charge in [-0.2, -0.15) is 0 Å². The zero-order valence-electron chi connectivity index (χ0n) is 10.9. The summed E-state index contributed by atoms with van der Waals surface area (Å²) in [6.07, 6.45) is 0. The molecule has 0 aromatic heterocycles. The summed E-state index contributed by atoms with van der Waals surface area (Å²) in [5.74, 6) is -1.49. The van der Waals surface area contributed by atoms with E-state index in [0.29, 0.717) is 0 Å². The molecule has 0 unspecified atom stereocenters. The van der Waals surface area contributed by atoms with Gasteiger partial charge in [-0.1, -0.05) is 29.8 Å². The Morgan fingerprint density at radius 3 is 2.25 bits per heavy atom. The van der Waals surface area contributed by atoms with Crippen LogP contribution in [0.4, 0.5) is 0 Å². The molecule has 0 aliphatic carbocycles. The standard InChI is InChI=1S/C15H14O4S/c1-11-6-8-12(9-7-11)20(18,19)10-15(17)13-4-2-3-5-14(13)16/h2-9,16H,10H2,1H3. The largest absolute Gasteiger partial charge is 0.507 e.